The molecule has 0 unspecified atom stereocenters. The number of halogens is 1. The second kappa shape index (κ2) is 5.33. The van der Waals surface area contributed by atoms with Gasteiger partial charge in [0.1, 0.15) is 0 Å². The van der Waals surface area contributed by atoms with Crippen LogP contribution in [0, 0.1) is 13.8 Å². The van der Waals surface area contributed by atoms with Gasteiger partial charge in [0.15, 0.2) is 0 Å². The molecule has 0 saturated heterocycles. The van der Waals surface area contributed by atoms with Crippen LogP contribution in [0.2, 0.25) is 5.02 Å². The van der Waals surface area contributed by atoms with E-state index in [1.165, 1.54) is 0 Å². The summed E-state index contributed by atoms with van der Waals surface area (Å²) < 4.78 is 0. The SMILES string of the molecule is Cc1ccc(C)c(C(=O)Nc2ccc(Cl)cc2N)c1. The van der Waals surface area contributed by atoms with E-state index in [0.29, 0.717) is 22.0 Å². The van der Waals surface area contributed by atoms with Gasteiger partial charge in [-0.2, -0.15) is 0 Å². The number of hydrogen-bond acceptors (Lipinski definition) is 2. The Hall–Kier alpha value is -2.00. The van der Waals surface area contributed by atoms with E-state index in [1.807, 2.05) is 32.0 Å². The van der Waals surface area contributed by atoms with E-state index < -0.39 is 0 Å². The summed E-state index contributed by atoms with van der Waals surface area (Å²) in [5, 5.41) is 3.34. The fraction of sp³-hybridized carbons (Fsp3) is 0.133. The number of benzene rings is 2. The van der Waals surface area contributed by atoms with Gasteiger partial charge in [-0.3, -0.25) is 4.79 Å². The van der Waals surface area contributed by atoms with Crippen LogP contribution in [0.5, 0.6) is 0 Å². The second-order valence-electron chi connectivity index (χ2n) is 4.50. The zero-order chi connectivity index (χ0) is 14.0. The van der Waals surface area contributed by atoms with Crippen molar-refractivity contribution in [1.82, 2.24) is 0 Å². The molecule has 2 rings (SSSR count). The number of nitrogens with two attached hydrogens (primary N) is 1. The summed E-state index contributed by atoms with van der Waals surface area (Å²) in [6.45, 7) is 3.85. The van der Waals surface area contributed by atoms with Crippen LogP contribution < -0.4 is 11.1 Å². The maximum absolute atomic E-state index is 12.2. The highest BCUT2D eigenvalue weighted by molar-refractivity contribution is 6.31. The van der Waals surface area contributed by atoms with Crippen molar-refractivity contribution in [2.75, 3.05) is 11.1 Å². The highest BCUT2D eigenvalue weighted by Crippen LogP contribution is 2.23. The summed E-state index contributed by atoms with van der Waals surface area (Å²) in [7, 11) is 0. The molecule has 0 spiro atoms. The number of carbonyl (C=O) groups excluding carboxylic acids is 1. The lowest BCUT2D eigenvalue weighted by Gasteiger charge is -2.10. The Morgan fingerprint density at radius 1 is 1.16 bits per heavy atom. The Balaban J connectivity index is 2.28. The van der Waals surface area contributed by atoms with Gasteiger partial charge in [0.05, 0.1) is 11.4 Å². The quantitative estimate of drug-likeness (QED) is 0.819. The molecule has 0 bridgehead atoms. The van der Waals surface area contributed by atoms with Crippen LogP contribution in [-0.4, -0.2) is 5.91 Å². The van der Waals surface area contributed by atoms with Gasteiger partial charge >= 0.3 is 0 Å². The number of nitrogens with one attached hydrogen (secondary N) is 1. The third kappa shape index (κ3) is 3.06. The minimum absolute atomic E-state index is 0.171. The molecule has 0 aliphatic rings. The molecule has 0 heterocycles. The highest BCUT2D eigenvalue weighted by atomic mass is 35.5. The predicted octanol–water partition coefficient (Wildman–Crippen LogP) is 3.79. The predicted molar refractivity (Wildman–Crippen MR) is 79.7 cm³/mol. The zero-order valence-corrected chi connectivity index (χ0v) is 11.6. The zero-order valence-electron chi connectivity index (χ0n) is 10.8. The summed E-state index contributed by atoms with van der Waals surface area (Å²) in [6.07, 6.45) is 0. The lowest BCUT2D eigenvalue weighted by molar-refractivity contribution is 0.102. The largest absolute Gasteiger partial charge is 0.397 e. The molecule has 0 saturated carbocycles. The fourth-order valence-electron chi connectivity index (χ4n) is 1.82. The molecule has 0 aliphatic heterocycles. The summed E-state index contributed by atoms with van der Waals surface area (Å²) in [5.74, 6) is -0.171. The van der Waals surface area contributed by atoms with Gasteiger partial charge in [-0.15, -0.1) is 0 Å². The summed E-state index contributed by atoms with van der Waals surface area (Å²) in [4.78, 5) is 12.2. The van der Waals surface area contributed by atoms with Gasteiger partial charge in [0.25, 0.3) is 5.91 Å². The molecule has 0 aliphatic carbocycles. The molecule has 2 aromatic carbocycles. The molecule has 98 valence electrons. The molecule has 3 nitrogen and oxygen atoms in total. The smallest absolute Gasteiger partial charge is 0.255 e. The Kier molecular flexibility index (Phi) is 3.76. The first-order valence-electron chi connectivity index (χ1n) is 5.91. The molecule has 0 atom stereocenters. The first kappa shape index (κ1) is 13.4. The van der Waals surface area contributed by atoms with Crippen LogP contribution in [0.1, 0.15) is 21.5 Å². The van der Waals surface area contributed by atoms with Crippen molar-refractivity contribution >= 4 is 28.9 Å². The minimum Gasteiger partial charge on any atom is -0.397 e. The normalized spacial score (nSPS) is 10.3. The third-order valence-electron chi connectivity index (χ3n) is 2.90. The van der Waals surface area contributed by atoms with E-state index >= 15 is 0 Å². The minimum atomic E-state index is -0.171. The Morgan fingerprint density at radius 2 is 1.89 bits per heavy atom. The number of amides is 1. The third-order valence-corrected chi connectivity index (χ3v) is 3.13. The number of rotatable bonds is 2. The Morgan fingerprint density at radius 3 is 2.58 bits per heavy atom. The number of anilines is 2. The Bertz CT molecular complexity index is 638. The van der Waals surface area contributed by atoms with Crippen LogP contribution in [0.4, 0.5) is 11.4 Å². The van der Waals surface area contributed by atoms with Gasteiger partial charge in [-0.25, -0.2) is 0 Å². The molecule has 19 heavy (non-hydrogen) atoms. The van der Waals surface area contributed by atoms with Crippen molar-refractivity contribution in [2.24, 2.45) is 0 Å². The lowest BCUT2D eigenvalue weighted by atomic mass is 10.0. The second-order valence-corrected chi connectivity index (χ2v) is 4.94. The van der Waals surface area contributed by atoms with E-state index in [4.69, 9.17) is 17.3 Å². The first-order chi connectivity index (χ1) is 8.97. The molecule has 4 heteroatoms. The molecule has 0 aromatic heterocycles. The molecule has 1 amide bonds. The Labute approximate surface area is 117 Å². The van der Waals surface area contributed by atoms with Crippen molar-refractivity contribution < 1.29 is 4.79 Å². The highest BCUT2D eigenvalue weighted by Gasteiger charge is 2.11. The van der Waals surface area contributed by atoms with Crippen molar-refractivity contribution in [2.45, 2.75) is 13.8 Å². The van der Waals surface area contributed by atoms with E-state index in [9.17, 15) is 4.79 Å². The monoisotopic (exact) mass is 274 g/mol. The first-order valence-corrected chi connectivity index (χ1v) is 6.29. The standard InChI is InChI=1S/C15H15ClN2O/c1-9-3-4-10(2)12(7-9)15(19)18-14-6-5-11(16)8-13(14)17/h3-8H,17H2,1-2H3,(H,18,19). The topological polar surface area (TPSA) is 55.1 Å². The number of carbonyl (C=O) groups is 1. The molecular formula is C15H15ClN2O. The van der Waals surface area contributed by atoms with Gasteiger partial charge in [0.2, 0.25) is 0 Å². The van der Waals surface area contributed by atoms with Gasteiger partial charge in [-0.1, -0.05) is 29.3 Å². The molecule has 0 radical (unpaired) electrons. The van der Waals surface area contributed by atoms with Crippen molar-refractivity contribution in [3.05, 3.63) is 58.1 Å². The van der Waals surface area contributed by atoms with E-state index in [2.05, 4.69) is 5.32 Å². The van der Waals surface area contributed by atoms with Crippen LogP contribution in [0.15, 0.2) is 36.4 Å². The average molecular weight is 275 g/mol. The van der Waals surface area contributed by atoms with Crippen LogP contribution in [0.3, 0.4) is 0 Å². The number of aryl methyl sites for hydroxylation is 2. The fourth-order valence-corrected chi connectivity index (χ4v) is 2.00. The molecule has 2 aromatic rings. The molecular weight excluding hydrogens is 260 g/mol. The summed E-state index contributed by atoms with van der Waals surface area (Å²) >= 11 is 5.82. The van der Waals surface area contributed by atoms with Crippen molar-refractivity contribution in [3.63, 3.8) is 0 Å². The van der Waals surface area contributed by atoms with Gasteiger partial charge in [-0.05, 0) is 43.7 Å². The maximum Gasteiger partial charge on any atom is 0.255 e. The molecule has 3 N–H and O–H groups in total. The molecule has 0 fully saturated rings. The van der Waals surface area contributed by atoms with Crippen LogP contribution in [-0.2, 0) is 0 Å². The number of hydrogen-bond donors (Lipinski definition) is 2. The van der Waals surface area contributed by atoms with Crippen molar-refractivity contribution in [3.8, 4) is 0 Å². The maximum atomic E-state index is 12.2. The van der Waals surface area contributed by atoms with Crippen LogP contribution >= 0.6 is 11.6 Å². The average Bonchev–Trinajstić information content (AvgIpc) is 2.35. The van der Waals surface area contributed by atoms with Crippen LogP contribution in [0.25, 0.3) is 0 Å². The van der Waals surface area contributed by atoms with E-state index in [0.717, 1.165) is 11.1 Å². The summed E-state index contributed by atoms with van der Waals surface area (Å²) in [6, 6.07) is 10.8. The van der Waals surface area contributed by atoms with Gasteiger partial charge < -0.3 is 11.1 Å². The number of nitrogen functional groups attached to an aromatic ring is 1. The van der Waals surface area contributed by atoms with Crippen molar-refractivity contribution in [1.29, 1.82) is 0 Å². The van der Waals surface area contributed by atoms with Gasteiger partial charge in [0, 0.05) is 10.6 Å². The van der Waals surface area contributed by atoms with E-state index in [1.54, 1.807) is 18.2 Å². The van der Waals surface area contributed by atoms with E-state index in [-0.39, 0.29) is 5.91 Å². The summed E-state index contributed by atoms with van der Waals surface area (Å²) in [5.41, 5.74) is 9.45. The lowest BCUT2D eigenvalue weighted by Crippen LogP contribution is -2.14.